The fourth-order valence-electron chi connectivity index (χ4n) is 1.97. The highest BCUT2D eigenvalue weighted by Gasteiger charge is 2.19. The smallest absolute Gasteiger partial charge is 0.335 e. The minimum absolute atomic E-state index is 0.183. The van der Waals surface area contributed by atoms with Crippen LogP contribution in [-0.2, 0) is 16.0 Å². The standard InChI is InChI=1S/C14H12N2O4/c1-20-14(19)12(17)7-9-6-10(8-15)11-4-2-3-5-16(11)13(9)18/h2-6,12,17H,7H2,1H3/t12-/m0/s1. The van der Waals surface area contributed by atoms with E-state index < -0.39 is 12.1 Å². The van der Waals surface area contributed by atoms with Gasteiger partial charge in [-0.3, -0.25) is 9.20 Å². The minimum Gasteiger partial charge on any atom is -0.467 e. The number of rotatable bonds is 3. The zero-order chi connectivity index (χ0) is 14.7. The number of nitriles is 1. The molecule has 1 atom stereocenters. The Morgan fingerprint density at radius 1 is 1.55 bits per heavy atom. The van der Waals surface area contributed by atoms with Crippen molar-refractivity contribution in [3.63, 3.8) is 0 Å². The van der Waals surface area contributed by atoms with Gasteiger partial charge in [-0.2, -0.15) is 5.26 Å². The van der Waals surface area contributed by atoms with E-state index in [9.17, 15) is 14.7 Å². The van der Waals surface area contributed by atoms with Crippen LogP contribution in [0, 0.1) is 11.3 Å². The molecule has 0 radical (unpaired) electrons. The molecule has 0 saturated heterocycles. The Labute approximate surface area is 114 Å². The summed E-state index contributed by atoms with van der Waals surface area (Å²) in [5.74, 6) is -0.818. The van der Waals surface area contributed by atoms with Gasteiger partial charge in [0.15, 0.2) is 6.10 Å². The largest absolute Gasteiger partial charge is 0.467 e. The molecule has 0 aliphatic heterocycles. The number of nitrogens with zero attached hydrogens (tertiary/aromatic N) is 2. The maximum absolute atomic E-state index is 12.2. The fourth-order valence-corrected chi connectivity index (χ4v) is 1.97. The van der Waals surface area contributed by atoms with Gasteiger partial charge in [0.1, 0.15) is 6.07 Å². The highest BCUT2D eigenvalue weighted by molar-refractivity contribution is 5.74. The lowest BCUT2D eigenvalue weighted by molar-refractivity contribution is -0.150. The average molecular weight is 272 g/mol. The molecule has 1 N–H and O–H groups in total. The molecule has 0 amide bonds. The van der Waals surface area contributed by atoms with Gasteiger partial charge in [0.05, 0.1) is 18.2 Å². The first-order valence-corrected chi connectivity index (χ1v) is 5.87. The SMILES string of the molecule is COC(=O)[C@@H](O)Cc1cc(C#N)c2ccccn2c1=O. The molecule has 2 aromatic heterocycles. The van der Waals surface area contributed by atoms with Crippen LogP contribution in [0.4, 0.5) is 0 Å². The summed E-state index contributed by atoms with van der Waals surface area (Å²) in [4.78, 5) is 23.4. The summed E-state index contributed by atoms with van der Waals surface area (Å²) >= 11 is 0. The lowest BCUT2D eigenvalue weighted by Crippen LogP contribution is -2.29. The number of carbonyl (C=O) groups is 1. The lowest BCUT2D eigenvalue weighted by Gasteiger charge is -2.10. The second-order valence-electron chi connectivity index (χ2n) is 4.20. The van der Waals surface area contributed by atoms with Gasteiger partial charge in [0, 0.05) is 18.2 Å². The van der Waals surface area contributed by atoms with Crippen molar-refractivity contribution in [1.29, 1.82) is 5.26 Å². The molecule has 0 fully saturated rings. The van der Waals surface area contributed by atoms with Crippen molar-refractivity contribution in [3.05, 3.63) is 51.9 Å². The number of aromatic nitrogens is 1. The summed E-state index contributed by atoms with van der Waals surface area (Å²) in [6, 6.07) is 8.43. The quantitative estimate of drug-likeness (QED) is 0.808. The van der Waals surface area contributed by atoms with Gasteiger partial charge in [0.2, 0.25) is 0 Å². The van der Waals surface area contributed by atoms with E-state index in [1.54, 1.807) is 18.2 Å². The van der Waals surface area contributed by atoms with Gasteiger partial charge in [-0.1, -0.05) is 6.07 Å². The van der Waals surface area contributed by atoms with Crippen LogP contribution in [0.25, 0.3) is 5.52 Å². The van der Waals surface area contributed by atoms with E-state index in [4.69, 9.17) is 5.26 Å². The second-order valence-corrected chi connectivity index (χ2v) is 4.20. The summed E-state index contributed by atoms with van der Waals surface area (Å²) in [5.41, 5.74) is 0.597. The Morgan fingerprint density at radius 3 is 2.95 bits per heavy atom. The van der Waals surface area contributed by atoms with Crippen LogP contribution in [0.1, 0.15) is 11.1 Å². The Bertz CT molecular complexity index is 758. The van der Waals surface area contributed by atoms with E-state index in [1.165, 1.54) is 16.7 Å². The Hall–Kier alpha value is -2.65. The molecule has 0 spiro atoms. The molecule has 2 rings (SSSR count). The maximum atomic E-state index is 12.2. The number of aliphatic hydroxyl groups excluding tert-OH is 1. The molecular formula is C14H12N2O4. The molecule has 6 nitrogen and oxygen atoms in total. The van der Waals surface area contributed by atoms with E-state index >= 15 is 0 Å². The molecule has 102 valence electrons. The van der Waals surface area contributed by atoms with Crippen molar-refractivity contribution < 1.29 is 14.6 Å². The fraction of sp³-hybridized carbons (Fsp3) is 0.214. The third-order valence-corrected chi connectivity index (χ3v) is 2.95. The summed E-state index contributed by atoms with van der Waals surface area (Å²) in [7, 11) is 1.15. The predicted molar refractivity (Wildman–Crippen MR) is 70.1 cm³/mol. The van der Waals surface area contributed by atoms with Crippen LogP contribution in [0.15, 0.2) is 35.3 Å². The Balaban J connectivity index is 2.56. The van der Waals surface area contributed by atoms with Crippen LogP contribution in [0.3, 0.4) is 0 Å². The number of fused-ring (bicyclic) bond motifs is 1. The van der Waals surface area contributed by atoms with Crippen molar-refractivity contribution in [2.24, 2.45) is 0 Å². The van der Waals surface area contributed by atoms with Crippen LogP contribution in [0.5, 0.6) is 0 Å². The number of methoxy groups -OCH3 is 1. The molecular weight excluding hydrogens is 260 g/mol. The third-order valence-electron chi connectivity index (χ3n) is 2.95. The first kappa shape index (κ1) is 13.8. The summed E-state index contributed by atoms with van der Waals surface area (Å²) < 4.78 is 5.72. The molecule has 0 saturated carbocycles. The number of hydrogen-bond acceptors (Lipinski definition) is 5. The number of esters is 1. The van der Waals surface area contributed by atoms with Crippen LogP contribution >= 0.6 is 0 Å². The van der Waals surface area contributed by atoms with Gasteiger partial charge >= 0.3 is 5.97 Å². The topological polar surface area (TPSA) is 91.8 Å². The highest BCUT2D eigenvalue weighted by Crippen LogP contribution is 2.11. The molecule has 6 heteroatoms. The molecule has 0 bridgehead atoms. The second kappa shape index (κ2) is 5.55. The first-order valence-electron chi connectivity index (χ1n) is 5.87. The molecule has 20 heavy (non-hydrogen) atoms. The molecule has 0 unspecified atom stereocenters. The summed E-state index contributed by atoms with van der Waals surface area (Å²) in [6.07, 6.45) is -0.0918. The van der Waals surface area contributed by atoms with Crippen molar-refractivity contribution in [1.82, 2.24) is 4.40 Å². The number of hydrogen-bond donors (Lipinski definition) is 1. The van der Waals surface area contributed by atoms with Gasteiger partial charge < -0.3 is 9.84 Å². The predicted octanol–water partition coefficient (Wildman–Crippen LogP) is 0.248. The summed E-state index contributed by atoms with van der Waals surface area (Å²) in [6.45, 7) is 0. The molecule has 0 aliphatic carbocycles. The molecule has 0 aliphatic rings. The van der Waals surface area contributed by atoms with Crippen LogP contribution < -0.4 is 5.56 Å². The number of pyridine rings is 2. The zero-order valence-electron chi connectivity index (χ0n) is 10.7. The molecule has 2 heterocycles. The van der Waals surface area contributed by atoms with Crippen molar-refractivity contribution >= 4 is 11.5 Å². The van der Waals surface area contributed by atoms with Crippen LogP contribution in [-0.4, -0.2) is 28.7 Å². The van der Waals surface area contributed by atoms with Gasteiger partial charge in [-0.05, 0) is 18.2 Å². The van der Waals surface area contributed by atoms with Gasteiger partial charge in [0.25, 0.3) is 5.56 Å². The number of carbonyl (C=O) groups excluding carboxylic acids is 1. The monoisotopic (exact) mass is 272 g/mol. The van der Waals surface area contributed by atoms with E-state index in [-0.39, 0.29) is 17.5 Å². The van der Waals surface area contributed by atoms with Crippen molar-refractivity contribution in [3.8, 4) is 6.07 Å². The highest BCUT2D eigenvalue weighted by atomic mass is 16.5. The maximum Gasteiger partial charge on any atom is 0.335 e. The van der Waals surface area contributed by atoms with E-state index in [1.807, 2.05) is 6.07 Å². The number of ether oxygens (including phenoxy) is 1. The van der Waals surface area contributed by atoms with E-state index in [0.717, 1.165) is 7.11 Å². The normalized spacial score (nSPS) is 11.8. The number of aliphatic hydroxyl groups is 1. The molecule has 0 aromatic carbocycles. The Kier molecular flexibility index (Phi) is 3.82. The van der Waals surface area contributed by atoms with Gasteiger partial charge in [-0.25, -0.2) is 4.79 Å². The lowest BCUT2D eigenvalue weighted by atomic mass is 10.1. The van der Waals surface area contributed by atoms with Crippen LogP contribution in [0.2, 0.25) is 0 Å². The minimum atomic E-state index is -1.43. The van der Waals surface area contributed by atoms with Gasteiger partial charge in [-0.15, -0.1) is 0 Å². The molecule has 2 aromatic rings. The zero-order valence-corrected chi connectivity index (χ0v) is 10.7. The third kappa shape index (κ3) is 2.39. The first-order chi connectivity index (χ1) is 9.58. The van der Waals surface area contributed by atoms with Crippen molar-refractivity contribution in [2.45, 2.75) is 12.5 Å². The Morgan fingerprint density at radius 2 is 2.30 bits per heavy atom. The average Bonchev–Trinajstić information content (AvgIpc) is 2.49. The van der Waals surface area contributed by atoms with E-state index in [0.29, 0.717) is 11.1 Å². The van der Waals surface area contributed by atoms with Crippen molar-refractivity contribution in [2.75, 3.05) is 7.11 Å². The van der Waals surface area contributed by atoms with E-state index in [2.05, 4.69) is 4.74 Å². The summed E-state index contributed by atoms with van der Waals surface area (Å²) in [5, 5.41) is 18.7.